The van der Waals surface area contributed by atoms with Gasteiger partial charge in [-0.3, -0.25) is 43.6 Å². The quantitative estimate of drug-likeness (QED) is 0.00779. The van der Waals surface area contributed by atoms with E-state index in [9.17, 15) is 58.8 Å². The number of nitrogens with two attached hydrogens (primary N) is 3. The minimum absolute atomic E-state index is 0.0349. The van der Waals surface area contributed by atoms with Crippen LogP contribution in [0.1, 0.15) is 161 Å². The number of benzene rings is 1. The number of fused-ring (bicyclic) bond motifs is 1. The number of alkyl halides is 3. The standard InChI is InChI=1S/C56H82F3N13O12.FH.Pb/c1-10-12-13-17-38(49(79)82-9)33(16-14-26-65-52(61)62)28-41(74)39(18-15-25-64-42(60)11-2)68-47(77)34(29-43(75)83-54(3,4)5)27-37(73)23-24-40(50(80)84-55(6,7)8)69-46(76)32-19-21-36(22-20-32)72(51(81)56(57,58)59)31-35-30-66-45-44(67-35)48(78)71-53(63)70-45;;/h19-22,30,33-34,38-40H,10-18,23-29,31H2,1-9H3,(H11,60,61,62,63,64,65,66,68,69,70,71,76,77,78);1H;/q;;+2/p-2/t33-,34+,38-,39+,40+;;/m1../s1. The first kappa shape index (κ1) is 73.0. The van der Waals surface area contributed by atoms with Gasteiger partial charge in [-0.15, -0.1) is 0 Å². The van der Waals surface area contributed by atoms with Crippen LogP contribution in [0.25, 0.3) is 11.2 Å². The Labute approximate surface area is 509 Å². The van der Waals surface area contributed by atoms with Gasteiger partial charge in [-0.1, -0.05) is 13.8 Å². The van der Waals surface area contributed by atoms with E-state index >= 15 is 0 Å². The zero-order valence-corrected chi connectivity index (χ0v) is 54.0. The number of amidine groups is 1. The van der Waals surface area contributed by atoms with E-state index < -0.39 is 157 Å². The maximum absolute atomic E-state index is 14.6. The molecule has 3 amide bonds. The molecule has 2 aromatic heterocycles. The van der Waals surface area contributed by atoms with Gasteiger partial charge < -0.3 is 26.3 Å². The van der Waals surface area contributed by atoms with E-state index in [1.165, 1.54) is 7.11 Å². The third-order valence-corrected chi connectivity index (χ3v) is 14.4. The van der Waals surface area contributed by atoms with Crippen LogP contribution in [0.15, 0.2) is 45.2 Å². The van der Waals surface area contributed by atoms with Crippen LogP contribution in [0.2, 0.25) is 0 Å². The van der Waals surface area contributed by atoms with Crippen molar-refractivity contribution in [2.75, 3.05) is 30.8 Å². The SMILES string of the molecule is CCCCC[C@@H](C(=O)OC)[C@H](CCCN=C(N)[NH][Pb][F])CC(=O)[C@H](CCCN=C(N)CC)NC(=O)[C@@H](CC(=O)CC[C@H](NC(=O)c1ccc(N(Cc2cnc3nc(N)[nH]c(=O)c3n2)C(=O)C(F)(F)F)cc1)C(=O)OC(C)(C)C)CC(=O)OC(C)(C)C. The third-order valence-electron chi connectivity index (χ3n) is 13.0. The molecule has 3 aromatic rings. The maximum atomic E-state index is 14.6. The number of aromatic nitrogens is 4. The molecule has 30 heteroatoms. The van der Waals surface area contributed by atoms with Gasteiger partial charge in [0, 0.05) is 37.1 Å². The van der Waals surface area contributed by atoms with E-state index in [-0.39, 0.29) is 72.4 Å². The average Bonchev–Trinajstić information content (AvgIpc) is 1.20. The molecular formula is C56H81F4N13O12Pb. The second kappa shape index (κ2) is 34.8. The summed E-state index contributed by atoms with van der Waals surface area (Å²) in [7, 11) is 1.25. The zero-order valence-electron chi connectivity index (χ0n) is 50.1. The van der Waals surface area contributed by atoms with E-state index in [1.54, 1.807) is 41.5 Å². The molecule has 0 aliphatic heterocycles. The van der Waals surface area contributed by atoms with Crippen molar-refractivity contribution in [1.82, 2.24) is 33.7 Å². The normalized spacial score (nSPS) is 14.0. The van der Waals surface area contributed by atoms with Gasteiger partial charge >= 0.3 is 198 Å². The number of nitrogens with zero attached hydrogens (tertiary/aromatic N) is 6. The second-order valence-corrected chi connectivity index (χ2v) is 24.1. The average molecular weight is 1410 g/mol. The van der Waals surface area contributed by atoms with Gasteiger partial charge in [0.2, 0.25) is 5.95 Å². The van der Waals surface area contributed by atoms with Crippen LogP contribution < -0.4 is 41.4 Å². The topological polar surface area (TPSA) is 378 Å². The van der Waals surface area contributed by atoms with Crippen LogP contribution in [0.5, 0.6) is 0 Å². The number of amides is 3. The van der Waals surface area contributed by atoms with E-state index in [0.29, 0.717) is 42.8 Å². The Hall–Kier alpha value is -7.22. The molecule has 2 heterocycles. The van der Waals surface area contributed by atoms with Gasteiger partial charge in [0.25, 0.3) is 11.5 Å². The molecule has 0 saturated heterocycles. The molecular weight excluding hydrogens is 1330 g/mol. The van der Waals surface area contributed by atoms with E-state index in [0.717, 1.165) is 43.3 Å². The summed E-state index contributed by atoms with van der Waals surface area (Å²) in [5, 5.41) is 5.27. The number of aromatic amines is 1. The number of ether oxygens (including phenoxy) is 3. The van der Waals surface area contributed by atoms with E-state index in [4.69, 9.17) is 31.4 Å². The molecule has 0 aliphatic rings. The number of halogens is 4. The molecule has 0 spiro atoms. The fraction of sp³-hybridized carbons (Fsp3) is 0.607. The number of unbranched alkanes of at least 4 members (excludes halogenated alkanes) is 2. The molecule has 0 bridgehead atoms. The van der Waals surface area contributed by atoms with Crippen molar-refractivity contribution in [1.29, 1.82) is 0 Å². The molecule has 0 aliphatic carbocycles. The van der Waals surface area contributed by atoms with Gasteiger partial charge in [0.05, 0.1) is 36.6 Å². The van der Waals surface area contributed by atoms with Crippen LogP contribution in [-0.4, -0.2) is 154 Å². The summed E-state index contributed by atoms with van der Waals surface area (Å²) in [6.07, 6.45) is -2.62. The van der Waals surface area contributed by atoms with Gasteiger partial charge in [-0.25, -0.2) is 14.8 Å². The number of Topliss-reactive ketones (excluding diaryl/α,β-unsaturated/α-hetero) is 2. The zero-order chi connectivity index (χ0) is 64.5. The number of H-pyrrole nitrogens is 1. The summed E-state index contributed by atoms with van der Waals surface area (Å²) in [4.78, 5) is 146. The van der Waals surface area contributed by atoms with Crippen LogP contribution in [0, 0.1) is 17.8 Å². The molecule has 474 valence electrons. The number of anilines is 2. The fourth-order valence-corrected chi connectivity index (χ4v) is 9.54. The number of guanidine groups is 1. The summed E-state index contributed by atoms with van der Waals surface area (Å²) in [5.41, 5.74) is 12.9. The first-order valence-corrected chi connectivity index (χ1v) is 31.6. The summed E-state index contributed by atoms with van der Waals surface area (Å²) in [5.74, 6) is -10.3. The first-order chi connectivity index (χ1) is 40.3. The first-order valence-electron chi connectivity index (χ1n) is 28.2. The number of nitrogen functional groups attached to an aromatic ring is 1. The minimum atomic E-state index is -5.39. The third kappa shape index (κ3) is 25.8. The molecule has 10 N–H and O–H groups in total. The van der Waals surface area contributed by atoms with Crippen molar-refractivity contribution < 1.29 is 68.2 Å². The summed E-state index contributed by atoms with van der Waals surface area (Å²) in [6.45, 7) is 12.8. The molecule has 0 unspecified atom stereocenters. The number of hydrogen-bond acceptors (Lipinski definition) is 18. The van der Waals surface area contributed by atoms with E-state index in [1.807, 2.05) is 13.8 Å². The Morgan fingerprint density at radius 1 is 0.791 bits per heavy atom. The van der Waals surface area contributed by atoms with Gasteiger partial charge in [0.1, 0.15) is 23.0 Å². The predicted octanol–water partition coefficient (Wildman–Crippen LogP) is 5.08. The van der Waals surface area contributed by atoms with Crippen molar-refractivity contribution in [3.63, 3.8) is 0 Å². The minimum Gasteiger partial charge on any atom is -0.460 e. The van der Waals surface area contributed by atoms with E-state index in [2.05, 4.69) is 43.7 Å². The Balaban J connectivity index is 1.97. The number of methoxy groups -OCH3 is 1. The van der Waals surface area contributed by atoms with Gasteiger partial charge in [-0.05, 0) is 72.2 Å². The summed E-state index contributed by atoms with van der Waals surface area (Å²) in [6, 6.07) is 1.43. The van der Waals surface area contributed by atoms with Crippen LogP contribution in [-0.2, 0) is 54.3 Å². The monoisotopic (exact) mass is 1410 g/mol. The van der Waals surface area contributed by atoms with Crippen molar-refractivity contribution in [2.24, 2.45) is 39.2 Å². The van der Waals surface area contributed by atoms with Crippen LogP contribution >= 0.6 is 0 Å². The Kier molecular flexibility index (Phi) is 29.6. The number of ketones is 2. The Morgan fingerprint density at radius 3 is 2.05 bits per heavy atom. The number of nitrogens with one attached hydrogen (secondary N) is 4. The molecule has 25 nitrogen and oxygen atoms in total. The summed E-state index contributed by atoms with van der Waals surface area (Å²) >= 11 is -2.59. The summed E-state index contributed by atoms with van der Waals surface area (Å²) < 4.78 is 73.8. The smallest absolute Gasteiger partial charge is 0.460 e. The van der Waals surface area contributed by atoms with Crippen molar-refractivity contribution in [2.45, 2.75) is 181 Å². The van der Waals surface area contributed by atoms with Crippen LogP contribution in [0.3, 0.4) is 0 Å². The van der Waals surface area contributed by atoms with Crippen molar-refractivity contribution in [3.8, 4) is 0 Å². The number of aliphatic imine (C=N–C) groups is 2. The molecule has 0 fully saturated rings. The Bertz CT molecular complexity index is 2930. The number of carbonyl (C=O) groups is 8. The molecule has 0 saturated carbocycles. The number of esters is 3. The molecule has 5 atom stereocenters. The molecule has 2 radical (unpaired) electrons. The van der Waals surface area contributed by atoms with Crippen molar-refractivity contribution >= 4 is 107 Å². The number of hydrogen-bond donors (Lipinski definition) is 7. The molecule has 3 rings (SSSR count). The number of carbonyl (C=O) groups excluding carboxylic acids is 8. The molecule has 86 heavy (non-hydrogen) atoms. The molecule has 1 aromatic carbocycles. The fourth-order valence-electron chi connectivity index (χ4n) is 8.85. The van der Waals surface area contributed by atoms with Crippen molar-refractivity contribution in [3.05, 3.63) is 52.1 Å². The Morgan fingerprint density at radius 2 is 1.44 bits per heavy atom. The van der Waals surface area contributed by atoms with Gasteiger partial charge in [0.15, 0.2) is 11.2 Å². The van der Waals surface area contributed by atoms with Gasteiger partial charge in [-0.2, -0.15) is 18.2 Å². The second-order valence-electron chi connectivity index (χ2n) is 22.4. The predicted molar refractivity (Wildman–Crippen MR) is 312 cm³/mol. The number of rotatable bonds is 34. The van der Waals surface area contributed by atoms with Crippen LogP contribution in [0.4, 0.5) is 27.3 Å².